The van der Waals surface area contributed by atoms with E-state index in [0.29, 0.717) is 5.76 Å². The highest BCUT2D eigenvalue weighted by molar-refractivity contribution is 5.71. The van der Waals surface area contributed by atoms with Crippen LogP contribution in [0.1, 0.15) is 18.4 Å². The van der Waals surface area contributed by atoms with Crippen molar-refractivity contribution < 1.29 is 19.1 Å². The molecule has 4 nitrogen and oxygen atoms in total. The van der Waals surface area contributed by atoms with Crippen molar-refractivity contribution in [3.63, 3.8) is 0 Å². The van der Waals surface area contributed by atoms with E-state index < -0.39 is 12.1 Å². The minimum Gasteiger partial charge on any atom is -0.479 e. The Labute approximate surface area is 76.1 Å². The lowest BCUT2D eigenvalue weighted by Gasteiger charge is -2.05. The summed E-state index contributed by atoms with van der Waals surface area (Å²) in [6.45, 7) is 3.50. The second kappa shape index (κ2) is 4.09. The summed E-state index contributed by atoms with van der Waals surface area (Å²) in [7, 11) is 0. The van der Waals surface area contributed by atoms with Gasteiger partial charge in [0.1, 0.15) is 18.1 Å². The zero-order valence-electron chi connectivity index (χ0n) is 7.61. The van der Waals surface area contributed by atoms with Crippen LogP contribution in [0.4, 0.5) is 0 Å². The SMILES string of the molecule is Cc1ccc(CO[C@H](C)C(=O)O)o1. The number of carboxylic acid groups (broad SMARTS) is 1. The molecule has 1 N–H and O–H groups in total. The molecule has 0 aromatic carbocycles. The molecule has 1 aromatic rings. The van der Waals surface area contributed by atoms with Crippen molar-refractivity contribution in [3.05, 3.63) is 23.7 Å². The molecule has 1 heterocycles. The van der Waals surface area contributed by atoms with E-state index in [1.165, 1.54) is 6.92 Å². The molecule has 0 bridgehead atoms. The zero-order valence-corrected chi connectivity index (χ0v) is 7.61. The van der Waals surface area contributed by atoms with Gasteiger partial charge in [0.05, 0.1) is 0 Å². The Kier molecular flexibility index (Phi) is 3.08. The molecule has 0 radical (unpaired) electrons. The van der Waals surface area contributed by atoms with Gasteiger partial charge in [0.2, 0.25) is 0 Å². The first-order valence-electron chi connectivity index (χ1n) is 3.99. The van der Waals surface area contributed by atoms with E-state index >= 15 is 0 Å². The average molecular weight is 184 g/mol. The molecule has 4 heteroatoms. The van der Waals surface area contributed by atoms with Gasteiger partial charge in [-0.15, -0.1) is 0 Å². The summed E-state index contributed by atoms with van der Waals surface area (Å²) in [5.74, 6) is 0.468. The molecule has 1 rings (SSSR count). The first-order valence-corrected chi connectivity index (χ1v) is 3.99. The highest BCUT2D eigenvalue weighted by atomic mass is 16.5. The van der Waals surface area contributed by atoms with E-state index in [1.54, 1.807) is 6.07 Å². The fraction of sp³-hybridized carbons (Fsp3) is 0.444. The molecule has 0 spiro atoms. The molecule has 0 aliphatic carbocycles. The van der Waals surface area contributed by atoms with Gasteiger partial charge in [-0.25, -0.2) is 4.79 Å². The Hall–Kier alpha value is -1.29. The molecule has 0 aliphatic rings. The van der Waals surface area contributed by atoms with E-state index in [2.05, 4.69) is 0 Å². The predicted octanol–water partition coefficient (Wildman–Crippen LogP) is 1.58. The Morgan fingerprint density at radius 2 is 2.38 bits per heavy atom. The first kappa shape index (κ1) is 9.80. The average Bonchev–Trinajstić information content (AvgIpc) is 2.47. The van der Waals surface area contributed by atoms with E-state index in [1.807, 2.05) is 13.0 Å². The van der Waals surface area contributed by atoms with Crippen LogP contribution < -0.4 is 0 Å². The van der Waals surface area contributed by atoms with Gasteiger partial charge in [0.25, 0.3) is 0 Å². The van der Waals surface area contributed by atoms with E-state index in [9.17, 15) is 4.79 Å². The summed E-state index contributed by atoms with van der Waals surface area (Å²) in [6, 6.07) is 3.58. The van der Waals surface area contributed by atoms with Crippen LogP contribution in [0, 0.1) is 6.92 Å². The Morgan fingerprint density at radius 1 is 1.69 bits per heavy atom. The Morgan fingerprint density at radius 3 is 2.85 bits per heavy atom. The van der Waals surface area contributed by atoms with Crippen molar-refractivity contribution in [1.29, 1.82) is 0 Å². The number of aliphatic carboxylic acids is 1. The molecular formula is C9H12O4. The van der Waals surface area contributed by atoms with Crippen LogP contribution in [0.3, 0.4) is 0 Å². The number of hydrogen-bond donors (Lipinski definition) is 1. The lowest BCUT2D eigenvalue weighted by atomic mass is 10.4. The largest absolute Gasteiger partial charge is 0.479 e. The predicted molar refractivity (Wildman–Crippen MR) is 45.3 cm³/mol. The molecule has 0 saturated carbocycles. The minimum atomic E-state index is -0.969. The standard InChI is InChI=1S/C9H12O4/c1-6-3-4-8(13-6)5-12-7(2)9(10)11/h3-4,7H,5H2,1-2H3,(H,10,11)/t7-/m1/s1. The summed E-state index contributed by atoms with van der Waals surface area (Å²) in [5, 5.41) is 8.51. The number of furan rings is 1. The molecule has 0 aliphatic heterocycles. The monoisotopic (exact) mass is 184 g/mol. The summed E-state index contributed by atoms with van der Waals surface area (Å²) >= 11 is 0. The Balaban J connectivity index is 2.39. The molecule has 13 heavy (non-hydrogen) atoms. The highest BCUT2D eigenvalue weighted by Gasteiger charge is 2.11. The van der Waals surface area contributed by atoms with Crippen molar-refractivity contribution in [1.82, 2.24) is 0 Å². The second-order valence-electron chi connectivity index (χ2n) is 2.80. The number of carboxylic acids is 1. The van der Waals surface area contributed by atoms with Crippen LogP contribution in [0.2, 0.25) is 0 Å². The number of ether oxygens (including phenoxy) is 1. The quantitative estimate of drug-likeness (QED) is 0.771. The van der Waals surface area contributed by atoms with Crippen molar-refractivity contribution >= 4 is 5.97 Å². The summed E-state index contributed by atoms with van der Waals surface area (Å²) < 4.78 is 10.2. The van der Waals surface area contributed by atoms with Crippen molar-refractivity contribution in [3.8, 4) is 0 Å². The molecular weight excluding hydrogens is 172 g/mol. The zero-order chi connectivity index (χ0) is 9.84. The van der Waals surface area contributed by atoms with Gasteiger partial charge in [-0.1, -0.05) is 0 Å². The maximum Gasteiger partial charge on any atom is 0.332 e. The third kappa shape index (κ3) is 2.91. The fourth-order valence-corrected chi connectivity index (χ4v) is 0.841. The number of carbonyl (C=O) groups is 1. The second-order valence-corrected chi connectivity index (χ2v) is 2.80. The number of hydrogen-bond acceptors (Lipinski definition) is 3. The maximum absolute atomic E-state index is 10.4. The van der Waals surface area contributed by atoms with Crippen molar-refractivity contribution in [2.24, 2.45) is 0 Å². The topological polar surface area (TPSA) is 59.7 Å². The van der Waals surface area contributed by atoms with Crippen molar-refractivity contribution in [2.45, 2.75) is 26.6 Å². The summed E-state index contributed by atoms with van der Waals surface area (Å²) in [5.41, 5.74) is 0. The van der Waals surface area contributed by atoms with Gasteiger partial charge in [-0.05, 0) is 26.0 Å². The summed E-state index contributed by atoms with van der Waals surface area (Å²) in [6.07, 6.45) is -0.801. The van der Waals surface area contributed by atoms with Crippen LogP contribution in [-0.2, 0) is 16.1 Å². The lowest BCUT2D eigenvalue weighted by Crippen LogP contribution is -2.19. The molecule has 0 fully saturated rings. The van der Waals surface area contributed by atoms with Gasteiger partial charge >= 0.3 is 5.97 Å². The molecule has 72 valence electrons. The molecule has 1 aromatic heterocycles. The van der Waals surface area contributed by atoms with E-state index in [0.717, 1.165) is 5.76 Å². The van der Waals surface area contributed by atoms with Crippen molar-refractivity contribution in [2.75, 3.05) is 0 Å². The summed E-state index contributed by atoms with van der Waals surface area (Å²) in [4.78, 5) is 10.4. The van der Waals surface area contributed by atoms with Crippen LogP contribution in [0.25, 0.3) is 0 Å². The van der Waals surface area contributed by atoms with Gasteiger partial charge in [-0.2, -0.15) is 0 Å². The van der Waals surface area contributed by atoms with E-state index in [4.69, 9.17) is 14.3 Å². The third-order valence-electron chi connectivity index (χ3n) is 1.62. The molecule has 0 saturated heterocycles. The number of aryl methyl sites for hydroxylation is 1. The first-order chi connectivity index (χ1) is 6.09. The normalized spacial score (nSPS) is 12.8. The molecule has 0 unspecified atom stereocenters. The van der Waals surface area contributed by atoms with Crippen LogP contribution in [-0.4, -0.2) is 17.2 Å². The molecule has 1 atom stereocenters. The number of rotatable bonds is 4. The third-order valence-corrected chi connectivity index (χ3v) is 1.62. The van der Waals surface area contributed by atoms with Crippen LogP contribution >= 0.6 is 0 Å². The Bertz CT molecular complexity index is 290. The van der Waals surface area contributed by atoms with E-state index in [-0.39, 0.29) is 6.61 Å². The minimum absolute atomic E-state index is 0.196. The maximum atomic E-state index is 10.4. The van der Waals surface area contributed by atoms with Crippen LogP contribution in [0.15, 0.2) is 16.5 Å². The fourth-order valence-electron chi connectivity index (χ4n) is 0.841. The highest BCUT2D eigenvalue weighted by Crippen LogP contribution is 2.08. The molecule has 0 amide bonds. The lowest BCUT2D eigenvalue weighted by molar-refractivity contribution is -0.150. The van der Waals surface area contributed by atoms with Gasteiger partial charge in [-0.3, -0.25) is 0 Å². The van der Waals surface area contributed by atoms with Gasteiger partial charge < -0.3 is 14.3 Å². The smallest absolute Gasteiger partial charge is 0.332 e. The van der Waals surface area contributed by atoms with Crippen LogP contribution in [0.5, 0.6) is 0 Å². The van der Waals surface area contributed by atoms with Gasteiger partial charge in [0, 0.05) is 0 Å². The van der Waals surface area contributed by atoms with Gasteiger partial charge in [0.15, 0.2) is 6.10 Å².